The molecule has 10 nitrogen and oxygen atoms in total. The van der Waals surface area contributed by atoms with Gasteiger partial charge in [-0.1, -0.05) is 31.5 Å². The van der Waals surface area contributed by atoms with E-state index in [1.807, 2.05) is 31.2 Å². The Kier molecular flexibility index (Phi) is 7.71. The number of carbonyl (C=O) groups is 2. The normalized spacial score (nSPS) is 13.4. The van der Waals surface area contributed by atoms with E-state index in [0.29, 0.717) is 11.6 Å². The number of halogens is 1. The minimum absolute atomic E-state index is 0.0181. The van der Waals surface area contributed by atoms with Crippen molar-refractivity contribution in [2.24, 2.45) is 0 Å². The lowest BCUT2D eigenvalue weighted by Gasteiger charge is -2.16. The van der Waals surface area contributed by atoms with Gasteiger partial charge in [0.2, 0.25) is 0 Å². The molecule has 212 valence electrons. The number of benzene rings is 2. The number of methoxy groups -OCH3 is 1. The quantitative estimate of drug-likeness (QED) is 0.246. The lowest BCUT2D eigenvalue weighted by Crippen LogP contribution is -2.22. The van der Waals surface area contributed by atoms with Crippen LogP contribution in [0, 0.1) is 12.7 Å². The molecular weight excluding hydrogens is 527 g/mol. The smallest absolute Gasteiger partial charge is 0.324 e. The van der Waals surface area contributed by atoms with Crippen molar-refractivity contribution in [2.45, 2.75) is 39.0 Å². The van der Waals surface area contributed by atoms with Gasteiger partial charge in [0.25, 0.3) is 5.91 Å². The molecule has 11 heteroatoms. The highest BCUT2D eigenvalue weighted by Gasteiger charge is 2.37. The Bertz CT molecular complexity index is 1600. The molecule has 0 saturated heterocycles. The molecule has 1 aliphatic carbocycles. The van der Waals surface area contributed by atoms with Gasteiger partial charge in [-0.05, 0) is 50.1 Å². The maximum Gasteiger partial charge on any atom is 0.324 e. The summed E-state index contributed by atoms with van der Waals surface area (Å²) in [6.07, 6.45) is 3.15. The third-order valence-corrected chi connectivity index (χ3v) is 6.83. The third-order valence-electron chi connectivity index (χ3n) is 6.83. The van der Waals surface area contributed by atoms with Gasteiger partial charge in [0.1, 0.15) is 35.6 Å². The van der Waals surface area contributed by atoms with Gasteiger partial charge in [0.15, 0.2) is 0 Å². The number of amides is 3. The van der Waals surface area contributed by atoms with Crippen LogP contribution in [0.3, 0.4) is 0 Å². The number of aromatic nitrogens is 3. The summed E-state index contributed by atoms with van der Waals surface area (Å²) in [6, 6.07) is 14.5. The van der Waals surface area contributed by atoms with E-state index in [2.05, 4.69) is 34.8 Å². The number of hydrogen-bond donors (Lipinski definition) is 3. The maximum absolute atomic E-state index is 15.0. The standard InChI is InChI=1S/C30H31FN6O4/c1-18-5-7-19(8-6-18)37-28(22-11-13-30(2,3)27(22)36-37)35-29(39)33-24-10-9-20(15-23(24)31)41-21-12-14-32-25(16-21)34-26(38)17-40-4/h5-10,12,14-16H,11,13,17H2,1-4H3,(H,32,34,38)(H2,33,35,39). The van der Waals surface area contributed by atoms with Gasteiger partial charge in [-0.15, -0.1) is 0 Å². The molecular formula is C30H31FN6O4. The Labute approximate surface area is 236 Å². The zero-order chi connectivity index (χ0) is 29.1. The van der Waals surface area contributed by atoms with Gasteiger partial charge in [-0.2, -0.15) is 5.10 Å². The Hall–Kier alpha value is -4.77. The van der Waals surface area contributed by atoms with Gasteiger partial charge < -0.3 is 20.1 Å². The van der Waals surface area contributed by atoms with Crippen LogP contribution < -0.4 is 20.7 Å². The number of aryl methyl sites for hydroxylation is 1. The summed E-state index contributed by atoms with van der Waals surface area (Å²) in [7, 11) is 1.41. The molecule has 0 bridgehead atoms. The molecule has 41 heavy (non-hydrogen) atoms. The fraction of sp³-hybridized carbons (Fsp3) is 0.267. The Morgan fingerprint density at radius 3 is 2.51 bits per heavy atom. The average molecular weight is 559 g/mol. The largest absolute Gasteiger partial charge is 0.457 e. The van der Waals surface area contributed by atoms with Crippen LogP contribution in [-0.2, 0) is 21.4 Å². The first kappa shape index (κ1) is 27.8. The second kappa shape index (κ2) is 11.4. The van der Waals surface area contributed by atoms with Crippen LogP contribution in [0.15, 0.2) is 60.8 Å². The van der Waals surface area contributed by atoms with Crippen molar-refractivity contribution in [3.8, 4) is 17.2 Å². The minimum atomic E-state index is -0.682. The van der Waals surface area contributed by atoms with E-state index in [9.17, 15) is 9.59 Å². The molecule has 0 radical (unpaired) electrons. The third kappa shape index (κ3) is 6.20. The number of anilines is 3. The number of nitrogens with one attached hydrogen (secondary N) is 3. The second-order valence-corrected chi connectivity index (χ2v) is 10.5. The number of carbonyl (C=O) groups excluding carboxylic acids is 2. The van der Waals surface area contributed by atoms with Crippen molar-refractivity contribution in [3.63, 3.8) is 0 Å². The summed E-state index contributed by atoms with van der Waals surface area (Å²) in [4.78, 5) is 28.9. The van der Waals surface area contributed by atoms with Crippen LogP contribution in [0.5, 0.6) is 11.5 Å². The summed E-state index contributed by atoms with van der Waals surface area (Å²) >= 11 is 0. The molecule has 0 aliphatic heterocycles. The first-order chi connectivity index (χ1) is 19.6. The van der Waals surface area contributed by atoms with E-state index >= 15 is 4.39 Å². The van der Waals surface area contributed by atoms with Crippen molar-refractivity contribution in [1.29, 1.82) is 0 Å². The zero-order valence-corrected chi connectivity index (χ0v) is 23.2. The highest BCUT2D eigenvalue weighted by Crippen LogP contribution is 2.42. The molecule has 2 aromatic heterocycles. The summed E-state index contributed by atoms with van der Waals surface area (Å²) in [5, 5.41) is 12.9. The molecule has 3 amide bonds. The van der Waals surface area contributed by atoms with Gasteiger partial charge in [0.05, 0.1) is 17.1 Å². The molecule has 2 heterocycles. The van der Waals surface area contributed by atoms with Gasteiger partial charge >= 0.3 is 6.03 Å². The van der Waals surface area contributed by atoms with E-state index in [1.165, 1.54) is 31.5 Å². The highest BCUT2D eigenvalue weighted by atomic mass is 19.1. The highest BCUT2D eigenvalue weighted by molar-refractivity contribution is 6.00. The molecule has 3 N–H and O–H groups in total. The van der Waals surface area contributed by atoms with E-state index < -0.39 is 11.8 Å². The number of hydrogen-bond acceptors (Lipinski definition) is 6. The molecule has 1 aliphatic rings. The average Bonchev–Trinajstić information content (AvgIpc) is 3.43. The topological polar surface area (TPSA) is 119 Å². The van der Waals surface area contributed by atoms with Crippen LogP contribution in [0.2, 0.25) is 0 Å². The number of rotatable bonds is 8. The van der Waals surface area contributed by atoms with E-state index in [4.69, 9.17) is 14.6 Å². The summed E-state index contributed by atoms with van der Waals surface area (Å²) in [5.74, 6) is 0.322. The van der Waals surface area contributed by atoms with Gasteiger partial charge in [-0.3, -0.25) is 10.1 Å². The number of fused-ring (bicyclic) bond motifs is 1. The zero-order valence-electron chi connectivity index (χ0n) is 23.2. The Morgan fingerprint density at radius 2 is 1.78 bits per heavy atom. The number of pyridine rings is 1. The van der Waals surface area contributed by atoms with E-state index in [1.54, 1.807) is 10.7 Å². The number of nitrogens with zero attached hydrogens (tertiary/aromatic N) is 3. The van der Waals surface area contributed by atoms with Crippen LogP contribution in [0.1, 0.15) is 37.1 Å². The SMILES string of the molecule is COCC(=O)Nc1cc(Oc2ccc(NC(=O)Nc3c4c(nn3-c3ccc(C)cc3)C(C)(C)CC4)c(F)c2)ccn1. The number of ether oxygens (including phenoxy) is 2. The molecule has 2 aromatic carbocycles. The predicted octanol–water partition coefficient (Wildman–Crippen LogP) is 5.96. The van der Waals surface area contributed by atoms with Gasteiger partial charge in [0, 0.05) is 36.4 Å². The van der Waals surface area contributed by atoms with Crippen molar-refractivity contribution in [1.82, 2.24) is 14.8 Å². The Morgan fingerprint density at radius 1 is 1.02 bits per heavy atom. The molecule has 0 atom stereocenters. The Balaban J connectivity index is 1.30. The summed E-state index contributed by atoms with van der Waals surface area (Å²) in [6.45, 7) is 6.16. The maximum atomic E-state index is 15.0. The van der Waals surface area contributed by atoms with Crippen molar-refractivity contribution in [2.75, 3.05) is 29.7 Å². The lowest BCUT2D eigenvalue weighted by atomic mass is 9.91. The fourth-order valence-electron chi connectivity index (χ4n) is 4.70. The first-order valence-corrected chi connectivity index (χ1v) is 13.1. The summed E-state index contributed by atoms with van der Waals surface area (Å²) in [5.41, 5.74) is 3.72. The van der Waals surface area contributed by atoms with Crippen LogP contribution in [0.4, 0.5) is 26.5 Å². The monoisotopic (exact) mass is 558 g/mol. The molecule has 4 aromatic rings. The van der Waals surface area contributed by atoms with Crippen molar-refractivity contribution < 1.29 is 23.5 Å². The van der Waals surface area contributed by atoms with Crippen LogP contribution in [0.25, 0.3) is 5.69 Å². The predicted molar refractivity (Wildman–Crippen MR) is 154 cm³/mol. The van der Waals surface area contributed by atoms with Crippen molar-refractivity contribution in [3.05, 3.63) is 83.4 Å². The molecule has 0 unspecified atom stereocenters. The molecule has 0 spiro atoms. The molecule has 0 saturated carbocycles. The molecule has 0 fully saturated rings. The van der Waals surface area contributed by atoms with Crippen LogP contribution >= 0.6 is 0 Å². The lowest BCUT2D eigenvalue weighted by molar-refractivity contribution is -0.119. The fourth-order valence-corrected chi connectivity index (χ4v) is 4.70. The number of urea groups is 1. The summed E-state index contributed by atoms with van der Waals surface area (Å²) < 4.78 is 27.3. The molecule has 5 rings (SSSR count). The van der Waals surface area contributed by atoms with Gasteiger partial charge in [-0.25, -0.2) is 18.9 Å². The van der Waals surface area contributed by atoms with E-state index in [0.717, 1.165) is 41.4 Å². The second-order valence-electron chi connectivity index (χ2n) is 10.5. The van der Waals surface area contributed by atoms with E-state index in [-0.39, 0.29) is 35.2 Å². The van der Waals surface area contributed by atoms with Crippen molar-refractivity contribution >= 4 is 29.3 Å². The minimum Gasteiger partial charge on any atom is -0.457 e. The first-order valence-electron chi connectivity index (χ1n) is 13.1. The van der Waals surface area contributed by atoms with Crippen LogP contribution in [-0.4, -0.2) is 40.4 Å².